The number of nitrogens with zero attached hydrogens (tertiary/aromatic N) is 4. The van der Waals surface area contributed by atoms with Crippen molar-refractivity contribution in [3.63, 3.8) is 0 Å². The second-order valence-electron chi connectivity index (χ2n) is 7.01. The van der Waals surface area contributed by atoms with Gasteiger partial charge in [-0.05, 0) is 48.4 Å². The van der Waals surface area contributed by atoms with Gasteiger partial charge in [0.1, 0.15) is 0 Å². The molecule has 0 N–H and O–H groups in total. The largest absolute Gasteiger partial charge is 0.489 e. The van der Waals surface area contributed by atoms with Crippen molar-refractivity contribution in [3.8, 4) is 11.5 Å². The van der Waals surface area contributed by atoms with Crippen molar-refractivity contribution in [3.05, 3.63) is 34.2 Å². The van der Waals surface area contributed by atoms with Crippen molar-refractivity contribution in [1.29, 1.82) is 0 Å². The van der Waals surface area contributed by atoms with E-state index in [1.165, 1.54) is 13.0 Å². The third-order valence-corrected chi connectivity index (χ3v) is 5.00. The lowest BCUT2D eigenvalue weighted by molar-refractivity contribution is -0.129. The first kappa shape index (κ1) is 19.2. The van der Waals surface area contributed by atoms with Gasteiger partial charge in [0, 0.05) is 36.9 Å². The van der Waals surface area contributed by atoms with Crippen molar-refractivity contribution >= 4 is 5.91 Å². The van der Waals surface area contributed by atoms with Crippen LogP contribution in [0.2, 0.25) is 0 Å². The van der Waals surface area contributed by atoms with Crippen LogP contribution >= 0.6 is 0 Å². The minimum absolute atomic E-state index is 0.0108. The Morgan fingerprint density at radius 1 is 1.41 bits per heavy atom. The molecule has 0 aromatic heterocycles. The van der Waals surface area contributed by atoms with Gasteiger partial charge in [-0.2, -0.15) is 8.78 Å². The van der Waals surface area contributed by atoms with Gasteiger partial charge in [0.05, 0.1) is 6.61 Å². The summed E-state index contributed by atoms with van der Waals surface area (Å²) in [7, 11) is 0. The standard InChI is InChI=1S/C18H22F2N4O3/c1-11(25)24-9-14(6-15(24)8-22-23-21)13-4-5-16(27-18(19)20)17(7-13)26-10-12-2-3-12/h4-5,7,12,14-15,18H,2-3,6,8-10H2,1H3/t14-,15+/m0/s1. The van der Waals surface area contributed by atoms with E-state index in [1.54, 1.807) is 17.0 Å². The number of carbonyl (C=O) groups excluding carboxylic acids is 1. The van der Waals surface area contributed by atoms with Gasteiger partial charge in [-0.15, -0.1) is 0 Å². The minimum Gasteiger partial charge on any atom is -0.489 e. The van der Waals surface area contributed by atoms with Crippen LogP contribution in [0.1, 0.15) is 37.7 Å². The average Bonchev–Trinajstić information content (AvgIpc) is 3.35. The van der Waals surface area contributed by atoms with E-state index in [2.05, 4.69) is 14.8 Å². The van der Waals surface area contributed by atoms with Crippen molar-refractivity contribution < 1.29 is 23.0 Å². The Labute approximate surface area is 155 Å². The first-order valence-electron chi connectivity index (χ1n) is 8.97. The molecule has 1 aromatic rings. The fourth-order valence-corrected chi connectivity index (χ4v) is 3.42. The molecule has 2 aliphatic rings. The zero-order chi connectivity index (χ0) is 19.4. The van der Waals surface area contributed by atoms with Crippen LogP contribution in [0.25, 0.3) is 10.4 Å². The van der Waals surface area contributed by atoms with E-state index in [4.69, 9.17) is 10.3 Å². The number of hydrogen-bond donors (Lipinski definition) is 0. The molecular formula is C18H22F2N4O3. The molecule has 1 aliphatic heterocycles. The van der Waals surface area contributed by atoms with Gasteiger partial charge in [-0.1, -0.05) is 11.2 Å². The second-order valence-corrected chi connectivity index (χ2v) is 7.01. The summed E-state index contributed by atoms with van der Waals surface area (Å²) < 4.78 is 35.6. The molecule has 1 saturated heterocycles. The van der Waals surface area contributed by atoms with Crippen molar-refractivity contribution in [2.75, 3.05) is 19.7 Å². The Kier molecular flexibility index (Phi) is 6.01. The van der Waals surface area contributed by atoms with Gasteiger partial charge in [0.2, 0.25) is 5.91 Å². The molecule has 0 unspecified atom stereocenters. The number of halogens is 2. The Balaban J connectivity index is 1.79. The van der Waals surface area contributed by atoms with Gasteiger partial charge < -0.3 is 14.4 Å². The number of benzene rings is 1. The number of ether oxygens (including phenoxy) is 2. The third kappa shape index (κ3) is 5.01. The minimum atomic E-state index is -2.92. The lowest BCUT2D eigenvalue weighted by Crippen LogP contribution is -2.35. The molecular weight excluding hydrogens is 358 g/mol. The number of carbonyl (C=O) groups is 1. The molecule has 1 heterocycles. The number of rotatable bonds is 8. The fourth-order valence-electron chi connectivity index (χ4n) is 3.42. The molecule has 3 rings (SSSR count). The van der Waals surface area contributed by atoms with Gasteiger partial charge in [0.25, 0.3) is 0 Å². The van der Waals surface area contributed by atoms with Crippen LogP contribution in [0, 0.1) is 5.92 Å². The summed E-state index contributed by atoms with van der Waals surface area (Å²) in [4.78, 5) is 16.3. The zero-order valence-electron chi connectivity index (χ0n) is 15.1. The van der Waals surface area contributed by atoms with E-state index < -0.39 is 6.61 Å². The van der Waals surface area contributed by atoms with Crippen LogP contribution in [0.15, 0.2) is 23.3 Å². The molecule has 1 amide bonds. The van der Waals surface area contributed by atoms with E-state index in [1.807, 2.05) is 0 Å². The number of amides is 1. The quantitative estimate of drug-likeness (QED) is 0.387. The summed E-state index contributed by atoms with van der Waals surface area (Å²) in [6.45, 7) is -0.267. The average molecular weight is 380 g/mol. The molecule has 1 aromatic carbocycles. The summed E-state index contributed by atoms with van der Waals surface area (Å²) in [5.41, 5.74) is 9.43. The van der Waals surface area contributed by atoms with E-state index >= 15 is 0 Å². The second kappa shape index (κ2) is 8.43. The summed E-state index contributed by atoms with van der Waals surface area (Å²) in [6, 6.07) is 4.76. The molecule has 0 bridgehead atoms. The van der Waals surface area contributed by atoms with Gasteiger partial charge in [-0.3, -0.25) is 4.79 Å². The summed E-state index contributed by atoms with van der Waals surface area (Å²) in [5, 5.41) is 3.59. The maximum atomic E-state index is 12.7. The van der Waals surface area contributed by atoms with Crippen LogP contribution in [0.4, 0.5) is 8.78 Å². The van der Waals surface area contributed by atoms with Gasteiger partial charge in [0.15, 0.2) is 11.5 Å². The van der Waals surface area contributed by atoms with Crippen molar-refractivity contribution in [1.82, 2.24) is 4.90 Å². The third-order valence-electron chi connectivity index (χ3n) is 5.00. The molecule has 7 nitrogen and oxygen atoms in total. The highest BCUT2D eigenvalue weighted by Gasteiger charge is 2.34. The number of alkyl halides is 2. The molecule has 0 radical (unpaired) electrons. The Bertz CT molecular complexity index is 735. The maximum Gasteiger partial charge on any atom is 0.387 e. The van der Waals surface area contributed by atoms with Crippen molar-refractivity contribution in [2.24, 2.45) is 11.0 Å². The predicted molar refractivity (Wildman–Crippen MR) is 93.8 cm³/mol. The molecule has 1 aliphatic carbocycles. The van der Waals surface area contributed by atoms with Gasteiger partial charge >= 0.3 is 6.61 Å². The first-order chi connectivity index (χ1) is 13.0. The Morgan fingerprint density at radius 2 is 2.19 bits per heavy atom. The van der Waals surface area contributed by atoms with Crippen LogP contribution in [-0.4, -0.2) is 43.2 Å². The van der Waals surface area contributed by atoms with Crippen molar-refractivity contribution in [2.45, 2.75) is 44.8 Å². The monoisotopic (exact) mass is 380 g/mol. The molecule has 0 spiro atoms. The van der Waals surface area contributed by atoms with Gasteiger partial charge in [-0.25, -0.2) is 0 Å². The molecule has 146 valence electrons. The van der Waals surface area contributed by atoms with E-state index in [0.717, 1.165) is 18.4 Å². The Morgan fingerprint density at radius 3 is 2.81 bits per heavy atom. The SMILES string of the molecule is CC(=O)N1C[C@@H](c2ccc(OC(F)F)c(OCC3CC3)c2)C[C@@H]1CN=[N+]=[N-]. The summed E-state index contributed by atoms with van der Waals surface area (Å²) in [6.07, 6.45) is 2.81. The molecule has 27 heavy (non-hydrogen) atoms. The number of azide groups is 1. The molecule has 2 atom stereocenters. The molecule has 2 fully saturated rings. The maximum absolute atomic E-state index is 12.7. The molecule has 9 heteroatoms. The highest BCUT2D eigenvalue weighted by molar-refractivity contribution is 5.74. The highest BCUT2D eigenvalue weighted by Crippen LogP contribution is 2.38. The summed E-state index contributed by atoms with van der Waals surface area (Å²) in [5.74, 6) is 0.713. The van der Waals surface area contributed by atoms with E-state index in [-0.39, 0.29) is 30.2 Å². The summed E-state index contributed by atoms with van der Waals surface area (Å²) >= 11 is 0. The van der Waals surface area contributed by atoms with Crippen LogP contribution in [-0.2, 0) is 4.79 Å². The Hall–Kier alpha value is -2.54. The number of likely N-dealkylation sites (tertiary alicyclic amines) is 1. The van der Waals surface area contributed by atoms with E-state index in [0.29, 0.717) is 31.2 Å². The van der Waals surface area contributed by atoms with Crippen LogP contribution in [0.5, 0.6) is 11.5 Å². The highest BCUT2D eigenvalue weighted by atomic mass is 19.3. The first-order valence-corrected chi connectivity index (χ1v) is 8.97. The lowest BCUT2D eigenvalue weighted by atomic mass is 9.96. The number of hydrogen-bond acceptors (Lipinski definition) is 4. The fraction of sp³-hybridized carbons (Fsp3) is 0.611. The van der Waals surface area contributed by atoms with Crippen LogP contribution in [0.3, 0.4) is 0 Å². The van der Waals surface area contributed by atoms with Crippen LogP contribution < -0.4 is 9.47 Å². The zero-order valence-corrected chi connectivity index (χ0v) is 15.1. The smallest absolute Gasteiger partial charge is 0.387 e. The topological polar surface area (TPSA) is 87.5 Å². The lowest BCUT2D eigenvalue weighted by Gasteiger charge is -2.21. The normalized spacial score (nSPS) is 21.9. The van der Waals surface area contributed by atoms with E-state index in [9.17, 15) is 13.6 Å². The predicted octanol–water partition coefficient (Wildman–Crippen LogP) is 4.09. The molecule has 1 saturated carbocycles.